The molecule has 144 valence electrons. The Labute approximate surface area is 160 Å². The first kappa shape index (κ1) is 19.3. The number of anilines is 1. The van der Waals surface area contributed by atoms with Crippen LogP contribution in [0, 0.1) is 11.6 Å². The number of hydrogen-bond donors (Lipinski definition) is 3. The first-order chi connectivity index (χ1) is 13.0. The number of benzene rings is 1. The summed E-state index contributed by atoms with van der Waals surface area (Å²) in [4.78, 5) is 16.3. The molecule has 0 radical (unpaired) electrons. The lowest BCUT2D eigenvalue weighted by molar-refractivity contribution is 0.240. The second-order valence-corrected chi connectivity index (χ2v) is 6.61. The van der Waals surface area contributed by atoms with Crippen molar-refractivity contribution >= 4 is 23.4 Å². The standard InChI is InChI=1S/C18H19ClF2N4O2/c1-27-11-6-13(20)17(14(21)7-11)12-9-22-5-4-15(12)24-18(26)25-16-3-2-10(19)8-23-16/h2-3,6-8,12,15,22H,4-5,9H2,1H3,(H2,23,24,25,26). The molecule has 2 aromatic rings. The van der Waals surface area contributed by atoms with Gasteiger partial charge in [0.05, 0.1) is 12.1 Å². The Kier molecular flexibility index (Phi) is 6.08. The summed E-state index contributed by atoms with van der Waals surface area (Å²) < 4.78 is 33.9. The highest BCUT2D eigenvalue weighted by molar-refractivity contribution is 6.30. The van der Waals surface area contributed by atoms with Gasteiger partial charge in [0.15, 0.2) is 0 Å². The quantitative estimate of drug-likeness (QED) is 0.741. The van der Waals surface area contributed by atoms with Crippen molar-refractivity contribution in [3.05, 3.63) is 52.7 Å². The van der Waals surface area contributed by atoms with Crippen molar-refractivity contribution in [1.29, 1.82) is 0 Å². The third-order valence-corrected chi connectivity index (χ3v) is 4.65. The Balaban J connectivity index is 1.76. The molecular formula is C18H19ClF2N4O2. The molecule has 0 spiro atoms. The van der Waals surface area contributed by atoms with Crippen LogP contribution in [0.15, 0.2) is 30.5 Å². The number of hydrogen-bond acceptors (Lipinski definition) is 4. The molecule has 1 fully saturated rings. The lowest BCUT2D eigenvalue weighted by Crippen LogP contribution is -2.49. The van der Waals surface area contributed by atoms with Crippen molar-refractivity contribution in [3.8, 4) is 5.75 Å². The highest BCUT2D eigenvalue weighted by atomic mass is 35.5. The van der Waals surface area contributed by atoms with E-state index in [4.69, 9.17) is 16.3 Å². The van der Waals surface area contributed by atoms with Gasteiger partial charge in [-0.3, -0.25) is 5.32 Å². The van der Waals surface area contributed by atoms with Crippen molar-refractivity contribution in [2.24, 2.45) is 0 Å². The molecule has 0 bridgehead atoms. The summed E-state index contributed by atoms with van der Waals surface area (Å²) in [6.45, 7) is 0.963. The summed E-state index contributed by atoms with van der Waals surface area (Å²) in [5.41, 5.74) is -0.0714. The number of nitrogens with one attached hydrogen (secondary N) is 3. The molecule has 2 amide bonds. The molecule has 0 aliphatic carbocycles. The fourth-order valence-corrected chi connectivity index (χ4v) is 3.25. The molecule has 27 heavy (non-hydrogen) atoms. The van der Waals surface area contributed by atoms with E-state index in [0.717, 1.165) is 12.1 Å². The summed E-state index contributed by atoms with van der Waals surface area (Å²) in [5.74, 6) is -1.54. The van der Waals surface area contributed by atoms with Gasteiger partial charge in [-0.15, -0.1) is 0 Å². The number of carbonyl (C=O) groups is 1. The van der Waals surface area contributed by atoms with E-state index in [-0.39, 0.29) is 11.3 Å². The first-order valence-corrected chi connectivity index (χ1v) is 8.78. The molecular weight excluding hydrogens is 378 g/mol. The minimum absolute atomic E-state index is 0.0714. The van der Waals surface area contributed by atoms with Crippen LogP contribution in [0.5, 0.6) is 5.75 Å². The number of carbonyl (C=O) groups excluding carboxylic acids is 1. The molecule has 3 N–H and O–H groups in total. The van der Waals surface area contributed by atoms with Crippen LogP contribution in [-0.2, 0) is 0 Å². The number of amides is 2. The predicted octanol–water partition coefficient (Wildman–Crippen LogP) is 3.29. The molecule has 2 atom stereocenters. The van der Waals surface area contributed by atoms with Gasteiger partial charge < -0.3 is 15.4 Å². The van der Waals surface area contributed by atoms with Crippen LogP contribution in [0.4, 0.5) is 19.4 Å². The molecule has 0 saturated carbocycles. The molecule has 3 rings (SSSR count). The number of aromatic nitrogens is 1. The number of urea groups is 1. The van der Waals surface area contributed by atoms with Gasteiger partial charge in [0, 0.05) is 42.4 Å². The van der Waals surface area contributed by atoms with Crippen molar-refractivity contribution in [3.63, 3.8) is 0 Å². The molecule has 9 heteroatoms. The molecule has 1 aliphatic heterocycles. The predicted molar refractivity (Wildman–Crippen MR) is 98.3 cm³/mol. The number of halogens is 3. The average molecular weight is 397 g/mol. The van der Waals surface area contributed by atoms with Crippen molar-refractivity contribution in [2.45, 2.75) is 18.4 Å². The van der Waals surface area contributed by atoms with Gasteiger partial charge in [0.25, 0.3) is 0 Å². The molecule has 2 unspecified atom stereocenters. The van der Waals surface area contributed by atoms with Gasteiger partial charge in [0.1, 0.15) is 23.2 Å². The molecule has 1 aromatic heterocycles. The van der Waals surface area contributed by atoms with E-state index < -0.39 is 29.6 Å². The number of pyridine rings is 1. The maximum Gasteiger partial charge on any atom is 0.320 e. The number of methoxy groups -OCH3 is 1. The smallest absolute Gasteiger partial charge is 0.320 e. The van der Waals surface area contributed by atoms with Gasteiger partial charge in [-0.25, -0.2) is 18.6 Å². The number of nitrogens with zero attached hydrogens (tertiary/aromatic N) is 1. The van der Waals surface area contributed by atoms with Crippen LogP contribution in [-0.4, -0.2) is 37.3 Å². The number of ether oxygens (including phenoxy) is 1. The lowest BCUT2D eigenvalue weighted by Gasteiger charge is -2.33. The second-order valence-electron chi connectivity index (χ2n) is 6.17. The van der Waals surface area contributed by atoms with Crippen LogP contribution in [0.3, 0.4) is 0 Å². The Morgan fingerprint density at radius 1 is 1.33 bits per heavy atom. The van der Waals surface area contributed by atoms with Crippen LogP contribution in [0.25, 0.3) is 0 Å². The van der Waals surface area contributed by atoms with Crippen molar-refractivity contribution in [2.75, 3.05) is 25.5 Å². The van der Waals surface area contributed by atoms with Crippen LogP contribution < -0.4 is 20.7 Å². The second kappa shape index (κ2) is 8.49. The molecule has 1 saturated heterocycles. The zero-order chi connectivity index (χ0) is 19.4. The van der Waals surface area contributed by atoms with Crippen molar-refractivity contribution < 1.29 is 18.3 Å². The highest BCUT2D eigenvalue weighted by Gasteiger charge is 2.32. The average Bonchev–Trinajstić information content (AvgIpc) is 2.64. The zero-order valence-electron chi connectivity index (χ0n) is 14.6. The third-order valence-electron chi connectivity index (χ3n) is 4.43. The van der Waals surface area contributed by atoms with Gasteiger partial charge >= 0.3 is 6.03 Å². The lowest BCUT2D eigenvalue weighted by atomic mass is 9.86. The van der Waals surface area contributed by atoms with Gasteiger partial charge in [0.2, 0.25) is 0 Å². The minimum Gasteiger partial charge on any atom is -0.497 e. The highest BCUT2D eigenvalue weighted by Crippen LogP contribution is 2.31. The van der Waals surface area contributed by atoms with E-state index in [1.165, 1.54) is 13.3 Å². The normalized spacial score (nSPS) is 19.4. The molecule has 6 nitrogen and oxygen atoms in total. The summed E-state index contributed by atoms with van der Waals surface area (Å²) in [6, 6.07) is 4.49. The molecule has 1 aromatic carbocycles. The largest absolute Gasteiger partial charge is 0.497 e. The Morgan fingerprint density at radius 3 is 2.70 bits per heavy atom. The van der Waals surface area contributed by atoms with E-state index in [1.54, 1.807) is 12.1 Å². The van der Waals surface area contributed by atoms with Gasteiger partial charge in [-0.05, 0) is 25.1 Å². The Hall–Kier alpha value is -2.45. The fourth-order valence-electron chi connectivity index (χ4n) is 3.14. The Morgan fingerprint density at radius 2 is 2.07 bits per heavy atom. The summed E-state index contributed by atoms with van der Waals surface area (Å²) in [6.07, 6.45) is 1.93. The van der Waals surface area contributed by atoms with Crippen LogP contribution in [0.1, 0.15) is 17.9 Å². The maximum absolute atomic E-state index is 14.5. The monoisotopic (exact) mass is 396 g/mol. The molecule has 1 aliphatic rings. The summed E-state index contributed by atoms with van der Waals surface area (Å²) in [7, 11) is 1.34. The number of rotatable bonds is 4. The SMILES string of the molecule is COc1cc(F)c(C2CNCCC2NC(=O)Nc2ccc(Cl)cn2)c(F)c1. The summed E-state index contributed by atoms with van der Waals surface area (Å²) in [5, 5.41) is 8.94. The van der Waals surface area contributed by atoms with E-state index in [9.17, 15) is 13.6 Å². The van der Waals surface area contributed by atoms with Crippen LogP contribution in [0.2, 0.25) is 5.02 Å². The zero-order valence-corrected chi connectivity index (χ0v) is 15.3. The minimum atomic E-state index is -0.702. The first-order valence-electron chi connectivity index (χ1n) is 8.40. The van der Waals surface area contributed by atoms with Crippen LogP contribution >= 0.6 is 11.6 Å². The van der Waals surface area contributed by atoms with E-state index in [0.29, 0.717) is 30.4 Å². The molecule has 2 heterocycles. The maximum atomic E-state index is 14.5. The fraction of sp³-hybridized carbons (Fsp3) is 0.333. The van der Waals surface area contributed by atoms with E-state index in [2.05, 4.69) is 20.9 Å². The number of piperidine rings is 1. The van der Waals surface area contributed by atoms with E-state index >= 15 is 0 Å². The van der Waals surface area contributed by atoms with E-state index in [1.807, 2.05) is 0 Å². The summed E-state index contributed by atoms with van der Waals surface area (Å²) >= 11 is 5.76. The van der Waals surface area contributed by atoms with Gasteiger partial charge in [-0.2, -0.15) is 0 Å². The van der Waals surface area contributed by atoms with Gasteiger partial charge in [-0.1, -0.05) is 11.6 Å². The van der Waals surface area contributed by atoms with Crippen molar-refractivity contribution in [1.82, 2.24) is 15.6 Å². The Bertz CT molecular complexity index is 797. The topological polar surface area (TPSA) is 75.3 Å². The third kappa shape index (κ3) is 4.64.